The van der Waals surface area contributed by atoms with Crippen LogP contribution in [0.5, 0.6) is 11.5 Å². The lowest BCUT2D eigenvalue weighted by Gasteiger charge is -2.05. The monoisotopic (exact) mass is 252 g/mol. The van der Waals surface area contributed by atoms with E-state index in [0.29, 0.717) is 11.7 Å². The summed E-state index contributed by atoms with van der Waals surface area (Å²) >= 11 is 0. The van der Waals surface area contributed by atoms with E-state index in [1.165, 1.54) is 0 Å². The highest BCUT2D eigenvalue weighted by Gasteiger charge is 2.07. The molecular formula is C15H12N2O2. The number of rotatable bonds is 3. The third-order valence-electron chi connectivity index (χ3n) is 2.59. The molecule has 3 rings (SSSR count). The van der Waals surface area contributed by atoms with Gasteiger partial charge in [0.25, 0.3) is 5.89 Å². The molecule has 2 aromatic carbocycles. The van der Waals surface area contributed by atoms with Crippen molar-refractivity contribution in [3.63, 3.8) is 0 Å². The predicted molar refractivity (Wildman–Crippen MR) is 71.0 cm³/mol. The Morgan fingerprint density at radius 3 is 2.47 bits per heavy atom. The molecule has 0 unspecified atom stereocenters. The molecule has 0 N–H and O–H groups in total. The van der Waals surface area contributed by atoms with Crippen LogP contribution in [0, 0.1) is 6.92 Å². The summed E-state index contributed by atoms with van der Waals surface area (Å²) in [5.41, 5.74) is 0.842. The molecule has 94 valence electrons. The molecule has 4 heteroatoms. The number of para-hydroxylation sites is 1. The zero-order valence-corrected chi connectivity index (χ0v) is 10.4. The third-order valence-corrected chi connectivity index (χ3v) is 2.59. The van der Waals surface area contributed by atoms with E-state index in [1.54, 1.807) is 6.92 Å². The average Bonchev–Trinajstić information content (AvgIpc) is 2.87. The van der Waals surface area contributed by atoms with Gasteiger partial charge < -0.3 is 9.26 Å². The molecule has 0 aliphatic carbocycles. The number of aryl methyl sites for hydroxylation is 1. The van der Waals surface area contributed by atoms with Gasteiger partial charge in [-0.2, -0.15) is 4.98 Å². The van der Waals surface area contributed by atoms with Crippen LogP contribution in [-0.2, 0) is 0 Å². The molecule has 0 amide bonds. The summed E-state index contributed by atoms with van der Waals surface area (Å²) in [4.78, 5) is 4.20. The molecule has 19 heavy (non-hydrogen) atoms. The van der Waals surface area contributed by atoms with Gasteiger partial charge >= 0.3 is 0 Å². The molecule has 0 spiro atoms. The Hall–Kier alpha value is -2.62. The van der Waals surface area contributed by atoms with Crippen LogP contribution in [0.15, 0.2) is 59.1 Å². The molecule has 0 radical (unpaired) electrons. The molecule has 0 saturated carbocycles. The fraction of sp³-hybridized carbons (Fsp3) is 0.0667. The Kier molecular flexibility index (Phi) is 2.98. The standard InChI is InChI=1S/C15H12N2O2/c1-11-16-15(19-17-11)12-6-5-9-14(10-12)18-13-7-3-2-4-8-13/h2-10H,1H3. The Labute approximate surface area is 110 Å². The second-order valence-electron chi connectivity index (χ2n) is 4.09. The minimum atomic E-state index is 0.496. The summed E-state index contributed by atoms with van der Waals surface area (Å²) in [6.07, 6.45) is 0. The molecule has 0 aliphatic rings. The zero-order chi connectivity index (χ0) is 13.1. The number of hydrogen-bond donors (Lipinski definition) is 0. The van der Waals surface area contributed by atoms with Crippen LogP contribution in [0.3, 0.4) is 0 Å². The normalized spacial score (nSPS) is 10.4. The lowest BCUT2D eigenvalue weighted by atomic mass is 10.2. The van der Waals surface area contributed by atoms with Gasteiger partial charge in [-0.25, -0.2) is 0 Å². The number of nitrogens with zero attached hydrogens (tertiary/aromatic N) is 2. The van der Waals surface area contributed by atoms with E-state index in [1.807, 2.05) is 54.6 Å². The van der Waals surface area contributed by atoms with Crippen molar-refractivity contribution in [2.24, 2.45) is 0 Å². The maximum Gasteiger partial charge on any atom is 0.258 e. The summed E-state index contributed by atoms with van der Waals surface area (Å²) in [5, 5.41) is 3.78. The molecule has 0 aliphatic heterocycles. The van der Waals surface area contributed by atoms with Crippen LogP contribution in [0.1, 0.15) is 5.82 Å². The first-order valence-electron chi connectivity index (χ1n) is 5.95. The zero-order valence-electron chi connectivity index (χ0n) is 10.4. The van der Waals surface area contributed by atoms with Crippen LogP contribution in [0.2, 0.25) is 0 Å². The van der Waals surface area contributed by atoms with Crippen LogP contribution in [-0.4, -0.2) is 10.1 Å². The quantitative estimate of drug-likeness (QED) is 0.710. The van der Waals surface area contributed by atoms with Gasteiger partial charge in [-0.3, -0.25) is 0 Å². The van der Waals surface area contributed by atoms with Gasteiger partial charge in [0.15, 0.2) is 5.82 Å². The number of hydrogen-bond acceptors (Lipinski definition) is 4. The first-order valence-corrected chi connectivity index (χ1v) is 5.95. The Balaban J connectivity index is 1.88. The van der Waals surface area contributed by atoms with E-state index in [-0.39, 0.29) is 0 Å². The van der Waals surface area contributed by atoms with Crippen molar-refractivity contribution in [3.05, 3.63) is 60.4 Å². The average molecular weight is 252 g/mol. The van der Waals surface area contributed by atoms with E-state index in [9.17, 15) is 0 Å². The van der Waals surface area contributed by atoms with Crippen LogP contribution in [0.4, 0.5) is 0 Å². The van der Waals surface area contributed by atoms with E-state index in [2.05, 4.69) is 10.1 Å². The molecule has 0 fully saturated rings. The second kappa shape index (κ2) is 4.94. The van der Waals surface area contributed by atoms with Crippen molar-refractivity contribution >= 4 is 0 Å². The van der Waals surface area contributed by atoms with Crippen molar-refractivity contribution in [1.29, 1.82) is 0 Å². The predicted octanol–water partition coefficient (Wildman–Crippen LogP) is 3.84. The Morgan fingerprint density at radius 1 is 0.947 bits per heavy atom. The fourth-order valence-electron chi connectivity index (χ4n) is 1.73. The van der Waals surface area contributed by atoms with Gasteiger partial charge in [-0.15, -0.1) is 0 Å². The van der Waals surface area contributed by atoms with Gasteiger partial charge in [-0.05, 0) is 37.3 Å². The minimum absolute atomic E-state index is 0.496. The first kappa shape index (κ1) is 11.5. The highest BCUT2D eigenvalue weighted by Crippen LogP contribution is 2.26. The lowest BCUT2D eigenvalue weighted by molar-refractivity contribution is 0.425. The molecule has 1 heterocycles. The van der Waals surface area contributed by atoms with E-state index in [4.69, 9.17) is 9.26 Å². The molecule has 1 aromatic heterocycles. The Bertz CT molecular complexity index is 677. The van der Waals surface area contributed by atoms with Crippen molar-refractivity contribution in [2.45, 2.75) is 6.92 Å². The largest absolute Gasteiger partial charge is 0.457 e. The Morgan fingerprint density at radius 2 is 1.74 bits per heavy atom. The molecule has 3 aromatic rings. The summed E-state index contributed by atoms with van der Waals surface area (Å²) in [6.45, 7) is 1.79. The van der Waals surface area contributed by atoms with Crippen molar-refractivity contribution in [1.82, 2.24) is 10.1 Å². The lowest BCUT2D eigenvalue weighted by Crippen LogP contribution is -1.85. The number of aromatic nitrogens is 2. The molecule has 0 saturated heterocycles. The van der Waals surface area contributed by atoms with Crippen LogP contribution in [0.25, 0.3) is 11.5 Å². The smallest absolute Gasteiger partial charge is 0.258 e. The summed E-state index contributed by atoms with van der Waals surface area (Å²) < 4.78 is 10.9. The van der Waals surface area contributed by atoms with Gasteiger partial charge in [0.05, 0.1) is 0 Å². The first-order chi connectivity index (χ1) is 9.31. The molecule has 0 bridgehead atoms. The van der Waals surface area contributed by atoms with Gasteiger partial charge in [-0.1, -0.05) is 29.4 Å². The third kappa shape index (κ3) is 2.63. The van der Waals surface area contributed by atoms with Gasteiger partial charge in [0.2, 0.25) is 0 Å². The number of benzene rings is 2. The van der Waals surface area contributed by atoms with Gasteiger partial charge in [0, 0.05) is 5.56 Å². The number of ether oxygens (including phenoxy) is 1. The van der Waals surface area contributed by atoms with Gasteiger partial charge in [0.1, 0.15) is 11.5 Å². The van der Waals surface area contributed by atoms with Crippen molar-refractivity contribution in [2.75, 3.05) is 0 Å². The van der Waals surface area contributed by atoms with Crippen molar-refractivity contribution in [3.8, 4) is 23.0 Å². The maximum atomic E-state index is 5.76. The topological polar surface area (TPSA) is 48.2 Å². The van der Waals surface area contributed by atoms with Crippen LogP contribution >= 0.6 is 0 Å². The fourth-order valence-corrected chi connectivity index (χ4v) is 1.73. The molecular weight excluding hydrogens is 240 g/mol. The summed E-state index contributed by atoms with van der Waals surface area (Å²) in [7, 11) is 0. The van der Waals surface area contributed by atoms with E-state index >= 15 is 0 Å². The summed E-state index contributed by atoms with van der Waals surface area (Å²) in [6, 6.07) is 17.2. The summed E-state index contributed by atoms with van der Waals surface area (Å²) in [5.74, 6) is 2.64. The van der Waals surface area contributed by atoms with E-state index in [0.717, 1.165) is 17.1 Å². The van der Waals surface area contributed by atoms with Crippen LogP contribution < -0.4 is 4.74 Å². The minimum Gasteiger partial charge on any atom is -0.457 e. The second-order valence-corrected chi connectivity index (χ2v) is 4.09. The SMILES string of the molecule is Cc1noc(-c2cccc(Oc3ccccc3)c2)n1. The molecule has 4 nitrogen and oxygen atoms in total. The highest BCUT2D eigenvalue weighted by atomic mass is 16.5. The molecule has 0 atom stereocenters. The van der Waals surface area contributed by atoms with E-state index < -0.39 is 0 Å². The highest BCUT2D eigenvalue weighted by molar-refractivity contribution is 5.56. The maximum absolute atomic E-state index is 5.76. The van der Waals surface area contributed by atoms with Crippen molar-refractivity contribution < 1.29 is 9.26 Å².